The fraction of sp³-hybridized carbons (Fsp3) is 0.458. The number of likely N-dealkylation sites (tertiary alicyclic amines) is 1. The molecule has 0 N–H and O–H groups in total. The maximum absolute atomic E-state index is 6.20. The summed E-state index contributed by atoms with van der Waals surface area (Å²) in [7, 11) is 1.73. The van der Waals surface area contributed by atoms with Crippen LogP contribution in [-0.2, 0) is 10.3 Å². The van der Waals surface area contributed by atoms with Gasteiger partial charge >= 0.3 is 0 Å². The average molecular weight is 381 g/mol. The van der Waals surface area contributed by atoms with Crippen LogP contribution in [0.3, 0.4) is 0 Å². The predicted octanol–water partition coefficient (Wildman–Crippen LogP) is 6.12. The van der Waals surface area contributed by atoms with E-state index in [4.69, 9.17) is 14.5 Å². The molecule has 0 unspecified atom stereocenters. The van der Waals surface area contributed by atoms with Crippen molar-refractivity contribution in [1.82, 2.24) is 4.90 Å². The Bertz CT molecular complexity index is 836. The van der Waals surface area contributed by atoms with Crippen LogP contribution in [0.15, 0.2) is 41.4 Å². The molecule has 3 rings (SSSR count). The molecular weight excluding hydrogens is 348 g/mol. The van der Waals surface area contributed by atoms with Crippen molar-refractivity contribution < 1.29 is 9.47 Å². The molecular formula is C24H32N2O2. The predicted molar refractivity (Wildman–Crippen MR) is 116 cm³/mol. The maximum Gasteiger partial charge on any atom is 0.130 e. The van der Waals surface area contributed by atoms with Crippen LogP contribution >= 0.6 is 0 Å². The first kappa shape index (κ1) is 20.4. The van der Waals surface area contributed by atoms with Gasteiger partial charge in [0.2, 0.25) is 0 Å². The molecule has 1 fully saturated rings. The molecule has 0 radical (unpaired) electrons. The van der Waals surface area contributed by atoms with Crippen LogP contribution in [-0.4, -0.2) is 31.4 Å². The third-order valence-corrected chi connectivity index (χ3v) is 5.51. The largest absolute Gasteiger partial charge is 0.457 e. The third kappa shape index (κ3) is 4.93. The lowest BCUT2D eigenvalue weighted by molar-refractivity contribution is 0.0191. The van der Waals surface area contributed by atoms with Crippen molar-refractivity contribution in [3.8, 4) is 11.5 Å². The average Bonchev–Trinajstić information content (AvgIpc) is 2.70. The second-order valence-corrected chi connectivity index (χ2v) is 8.09. The van der Waals surface area contributed by atoms with Crippen molar-refractivity contribution in [2.24, 2.45) is 4.99 Å². The number of ether oxygens (including phenoxy) is 2. The minimum atomic E-state index is -0.350. The molecule has 0 aromatic heterocycles. The van der Waals surface area contributed by atoms with E-state index in [9.17, 15) is 0 Å². The smallest absolute Gasteiger partial charge is 0.130 e. The Labute approximate surface area is 169 Å². The Hall–Kier alpha value is -2.33. The molecule has 1 aliphatic heterocycles. The molecule has 0 spiro atoms. The number of piperidine rings is 1. The molecule has 0 atom stereocenters. The quantitative estimate of drug-likeness (QED) is 0.447. The van der Waals surface area contributed by atoms with Gasteiger partial charge in [-0.1, -0.05) is 12.1 Å². The zero-order valence-electron chi connectivity index (χ0n) is 17.8. The van der Waals surface area contributed by atoms with Gasteiger partial charge in [0.05, 0.1) is 17.6 Å². The Balaban J connectivity index is 1.78. The molecule has 2 aromatic rings. The number of aryl methyl sites for hydroxylation is 2. The summed E-state index contributed by atoms with van der Waals surface area (Å²) in [6.07, 6.45) is 5.85. The molecule has 0 bridgehead atoms. The topological polar surface area (TPSA) is 34.1 Å². The van der Waals surface area contributed by atoms with E-state index in [0.29, 0.717) is 0 Å². The molecule has 0 aliphatic carbocycles. The van der Waals surface area contributed by atoms with E-state index in [-0.39, 0.29) is 5.60 Å². The van der Waals surface area contributed by atoms with E-state index in [1.807, 2.05) is 24.5 Å². The lowest BCUT2D eigenvalue weighted by Gasteiger charge is -2.24. The molecule has 0 amide bonds. The summed E-state index contributed by atoms with van der Waals surface area (Å²) in [5.74, 6) is 1.68. The monoisotopic (exact) mass is 380 g/mol. The van der Waals surface area contributed by atoms with Crippen molar-refractivity contribution in [2.45, 2.75) is 52.6 Å². The molecule has 1 saturated heterocycles. The highest BCUT2D eigenvalue weighted by atomic mass is 16.5. The van der Waals surface area contributed by atoms with E-state index >= 15 is 0 Å². The van der Waals surface area contributed by atoms with Crippen LogP contribution in [0.25, 0.3) is 0 Å². The second-order valence-electron chi connectivity index (χ2n) is 8.09. The number of nitrogens with zero attached hydrogens (tertiary/aromatic N) is 2. The summed E-state index contributed by atoms with van der Waals surface area (Å²) >= 11 is 0. The highest BCUT2D eigenvalue weighted by molar-refractivity contribution is 5.65. The second kappa shape index (κ2) is 8.78. The van der Waals surface area contributed by atoms with Crippen LogP contribution in [0.1, 0.15) is 49.8 Å². The summed E-state index contributed by atoms with van der Waals surface area (Å²) < 4.78 is 11.8. The number of aliphatic imine (C=N–C) groups is 1. The zero-order valence-corrected chi connectivity index (χ0v) is 17.8. The van der Waals surface area contributed by atoms with Gasteiger partial charge in [0, 0.05) is 20.2 Å². The Morgan fingerprint density at radius 1 is 1.00 bits per heavy atom. The molecule has 1 heterocycles. The number of methoxy groups -OCH3 is 1. The first-order chi connectivity index (χ1) is 13.4. The zero-order chi connectivity index (χ0) is 20.1. The minimum absolute atomic E-state index is 0.350. The van der Waals surface area contributed by atoms with Gasteiger partial charge in [-0.3, -0.25) is 0 Å². The molecule has 1 aliphatic rings. The van der Waals surface area contributed by atoms with Gasteiger partial charge < -0.3 is 14.4 Å². The van der Waals surface area contributed by atoms with Crippen molar-refractivity contribution in [2.75, 3.05) is 20.2 Å². The van der Waals surface area contributed by atoms with Gasteiger partial charge in [-0.05, 0) is 87.9 Å². The summed E-state index contributed by atoms with van der Waals surface area (Å²) in [6, 6.07) is 12.3. The lowest BCUT2D eigenvalue weighted by atomic mass is 9.98. The summed E-state index contributed by atoms with van der Waals surface area (Å²) in [6.45, 7) is 10.5. The van der Waals surface area contributed by atoms with Crippen molar-refractivity contribution in [3.63, 3.8) is 0 Å². The van der Waals surface area contributed by atoms with E-state index in [0.717, 1.165) is 47.0 Å². The maximum atomic E-state index is 6.20. The Morgan fingerprint density at radius 3 is 2.46 bits per heavy atom. The molecule has 28 heavy (non-hydrogen) atoms. The summed E-state index contributed by atoms with van der Waals surface area (Å²) in [5, 5.41) is 0. The van der Waals surface area contributed by atoms with Crippen LogP contribution in [0.2, 0.25) is 0 Å². The van der Waals surface area contributed by atoms with Crippen molar-refractivity contribution in [1.29, 1.82) is 0 Å². The van der Waals surface area contributed by atoms with Gasteiger partial charge in [-0.15, -0.1) is 0 Å². The Kier molecular flexibility index (Phi) is 6.40. The molecule has 2 aromatic carbocycles. The van der Waals surface area contributed by atoms with Gasteiger partial charge in [0.1, 0.15) is 11.5 Å². The lowest BCUT2D eigenvalue weighted by Crippen LogP contribution is -2.28. The molecule has 4 nitrogen and oxygen atoms in total. The minimum Gasteiger partial charge on any atom is -0.457 e. The standard InChI is InChI=1S/C24H32N2O2/c1-18-15-23(28-21-11-9-10-20(16-21)24(3,4)27-5)19(2)14-22(18)25-17-26-12-7-6-8-13-26/h9-11,14-17H,6-8,12-13H2,1-5H3/b25-17+. The van der Waals surface area contributed by atoms with E-state index in [1.165, 1.54) is 19.3 Å². The van der Waals surface area contributed by atoms with Gasteiger partial charge in [0.15, 0.2) is 0 Å². The Morgan fingerprint density at radius 2 is 1.75 bits per heavy atom. The van der Waals surface area contributed by atoms with Gasteiger partial charge in [0.25, 0.3) is 0 Å². The number of hydrogen-bond acceptors (Lipinski definition) is 3. The summed E-state index contributed by atoms with van der Waals surface area (Å²) in [5.41, 5.74) is 3.93. The number of benzene rings is 2. The van der Waals surface area contributed by atoms with Crippen LogP contribution in [0, 0.1) is 13.8 Å². The summed E-state index contributed by atoms with van der Waals surface area (Å²) in [4.78, 5) is 7.04. The first-order valence-corrected chi connectivity index (χ1v) is 10.1. The fourth-order valence-electron chi connectivity index (χ4n) is 3.38. The first-order valence-electron chi connectivity index (χ1n) is 10.1. The molecule has 4 heteroatoms. The SMILES string of the molecule is COC(C)(C)c1cccc(Oc2cc(C)c(/N=C/N3CCCCC3)cc2C)c1. The highest BCUT2D eigenvalue weighted by Crippen LogP contribution is 2.33. The number of rotatable bonds is 6. The van der Waals surface area contributed by atoms with Gasteiger partial charge in [-0.25, -0.2) is 4.99 Å². The van der Waals surface area contributed by atoms with Gasteiger partial charge in [-0.2, -0.15) is 0 Å². The van der Waals surface area contributed by atoms with E-state index in [2.05, 4.69) is 50.8 Å². The van der Waals surface area contributed by atoms with Crippen LogP contribution < -0.4 is 4.74 Å². The van der Waals surface area contributed by atoms with Crippen molar-refractivity contribution in [3.05, 3.63) is 53.1 Å². The number of hydrogen-bond donors (Lipinski definition) is 0. The van der Waals surface area contributed by atoms with E-state index < -0.39 is 0 Å². The molecule has 150 valence electrons. The normalized spacial score (nSPS) is 15.2. The fourth-order valence-corrected chi connectivity index (χ4v) is 3.38. The molecule has 0 saturated carbocycles. The highest BCUT2D eigenvalue weighted by Gasteiger charge is 2.20. The third-order valence-electron chi connectivity index (χ3n) is 5.51. The van der Waals surface area contributed by atoms with Crippen molar-refractivity contribution >= 4 is 12.0 Å². The van der Waals surface area contributed by atoms with Crippen LogP contribution in [0.5, 0.6) is 11.5 Å². The van der Waals surface area contributed by atoms with Crippen LogP contribution in [0.4, 0.5) is 5.69 Å². The van der Waals surface area contributed by atoms with E-state index in [1.54, 1.807) is 7.11 Å².